The van der Waals surface area contributed by atoms with Crippen LogP contribution in [-0.4, -0.2) is 45.0 Å². The molecule has 1 aliphatic carbocycles. The van der Waals surface area contributed by atoms with E-state index in [1.165, 1.54) is 31.2 Å². The van der Waals surface area contributed by atoms with Crippen molar-refractivity contribution in [2.45, 2.75) is 31.7 Å². The molecule has 2 heterocycles. The van der Waals surface area contributed by atoms with Crippen LogP contribution in [0, 0.1) is 5.92 Å². The van der Waals surface area contributed by atoms with Crippen LogP contribution < -0.4 is 19.5 Å². The Balaban J connectivity index is 1.70. The van der Waals surface area contributed by atoms with Gasteiger partial charge in [-0.25, -0.2) is 0 Å². The van der Waals surface area contributed by atoms with Gasteiger partial charge in [0, 0.05) is 32.2 Å². The van der Waals surface area contributed by atoms with E-state index in [2.05, 4.69) is 22.3 Å². The Morgan fingerprint density at radius 2 is 1.96 bits per heavy atom. The summed E-state index contributed by atoms with van der Waals surface area (Å²) >= 11 is 0. The standard InChI is InChI=1S/C18H26N2O3/c1-21-15-10-14(11-16-18(15)23-12-22-16)17(13-4-2-3-5-13)20-8-6-19-7-9-20/h10-11,13,17,19H,2-9,12H2,1H3/t17-/m1/s1. The van der Waals surface area contributed by atoms with Crippen LogP contribution >= 0.6 is 0 Å². The van der Waals surface area contributed by atoms with Crippen molar-refractivity contribution in [2.24, 2.45) is 5.92 Å². The van der Waals surface area contributed by atoms with Gasteiger partial charge in [0.2, 0.25) is 12.5 Å². The molecular weight excluding hydrogens is 292 g/mol. The Labute approximate surface area is 137 Å². The monoisotopic (exact) mass is 318 g/mol. The highest BCUT2D eigenvalue weighted by atomic mass is 16.7. The van der Waals surface area contributed by atoms with E-state index in [-0.39, 0.29) is 6.79 Å². The van der Waals surface area contributed by atoms with E-state index in [4.69, 9.17) is 14.2 Å². The molecule has 5 nitrogen and oxygen atoms in total. The lowest BCUT2D eigenvalue weighted by Gasteiger charge is -2.38. The Morgan fingerprint density at radius 3 is 2.70 bits per heavy atom. The molecule has 2 fully saturated rings. The molecule has 1 aromatic carbocycles. The lowest BCUT2D eigenvalue weighted by Crippen LogP contribution is -2.46. The van der Waals surface area contributed by atoms with E-state index in [0.717, 1.165) is 49.3 Å². The molecule has 0 unspecified atom stereocenters. The fourth-order valence-corrected chi connectivity index (χ4v) is 4.34. The summed E-state index contributed by atoms with van der Waals surface area (Å²) in [7, 11) is 1.70. The zero-order valence-electron chi connectivity index (χ0n) is 13.8. The summed E-state index contributed by atoms with van der Waals surface area (Å²) in [5, 5.41) is 3.46. The van der Waals surface area contributed by atoms with Crippen LogP contribution in [0.4, 0.5) is 0 Å². The second-order valence-corrected chi connectivity index (χ2v) is 6.73. The normalized spacial score (nSPS) is 23.2. The Kier molecular flexibility index (Phi) is 4.31. The summed E-state index contributed by atoms with van der Waals surface area (Å²) in [4.78, 5) is 2.64. The number of ether oxygens (including phenoxy) is 3. The highest BCUT2D eigenvalue weighted by Crippen LogP contribution is 2.47. The van der Waals surface area contributed by atoms with Crippen molar-refractivity contribution < 1.29 is 14.2 Å². The molecule has 0 spiro atoms. The number of hydrogen-bond acceptors (Lipinski definition) is 5. The van der Waals surface area contributed by atoms with Crippen LogP contribution in [0.15, 0.2) is 12.1 Å². The molecule has 1 saturated heterocycles. The third-order valence-electron chi connectivity index (χ3n) is 5.41. The molecule has 1 saturated carbocycles. The summed E-state index contributed by atoms with van der Waals surface area (Å²) < 4.78 is 16.8. The van der Waals surface area contributed by atoms with Gasteiger partial charge in [-0.3, -0.25) is 4.90 Å². The third-order valence-corrected chi connectivity index (χ3v) is 5.41. The third kappa shape index (κ3) is 2.88. The smallest absolute Gasteiger partial charge is 0.231 e. The molecule has 3 aliphatic rings. The van der Waals surface area contributed by atoms with Crippen LogP contribution in [0.5, 0.6) is 17.2 Å². The minimum atomic E-state index is 0.289. The van der Waals surface area contributed by atoms with E-state index in [1.54, 1.807) is 7.11 Å². The first-order valence-electron chi connectivity index (χ1n) is 8.79. The summed E-state index contributed by atoms with van der Waals surface area (Å²) in [6.45, 7) is 4.66. The number of benzene rings is 1. The van der Waals surface area contributed by atoms with Gasteiger partial charge in [-0.1, -0.05) is 12.8 Å². The molecule has 2 aliphatic heterocycles. The highest BCUT2D eigenvalue weighted by Gasteiger charge is 2.34. The van der Waals surface area contributed by atoms with Gasteiger partial charge in [0.1, 0.15) is 0 Å². The van der Waals surface area contributed by atoms with E-state index >= 15 is 0 Å². The van der Waals surface area contributed by atoms with Gasteiger partial charge in [0.15, 0.2) is 11.5 Å². The quantitative estimate of drug-likeness (QED) is 0.924. The van der Waals surface area contributed by atoms with Crippen molar-refractivity contribution in [3.8, 4) is 17.2 Å². The molecule has 126 valence electrons. The van der Waals surface area contributed by atoms with Gasteiger partial charge in [0.25, 0.3) is 0 Å². The number of piperazine rings is 1. The van der Waals surface area contributed by atoms with Crippen LogP contribution in [0.1, 0.15) is 37.3 Å². The van der Waals surface area contributed by atoms with Gasteiger partial charge in [0.05, 0.1) is 7.11 Å². The minimum absolute atomic E-state index is 0.289. The predicted octanol–water partition coefficient (Wildman–Crippen LogP) is 2.56. The van der Waals surface area contributed by atoms with Crippen molar-refractivity contribution in [2.75, 3.05) is 40.1 Å². The summed E-state index contributed by atoms with van der Waals surface area (Å²) in [6.07, 6.45) is 5.36. The van der Waals surface area contributed by atoms with Gasteiger partial charge in [-0.15, -0.1) is 0 Å². The van der Waals surface area contributed by atoms with Crippen molar-refractivity contribution >= 4 is 0 Å². The highest BCUT2D eigenvalue weighted by molar-refractivity contribution is 5.55. The van der Waals surface area contributed by atoms with Crippen LogP contribution in [0.2, 0.25) is 0 Å². The fourth-order valence-electron chi connectivity index (χ4n) is 4.34. The molecule has 0 aromatic heterocycles. The summed E-state index contributed by atoms with van der Waals surface area (Å²) in [5.74, 6) is 3.12. The fraction of sp³-hybridized carbons (Fsp3) is 0.667. The number of rotatable bonds is 4. The summed E-state index contributed by atoms with van der Waals surface area (Å²) in [5.41, 5.74) is 1.32. The van der Waals surface area contributed by atoms with Crippen LogP contribution in [-0.2, 0) is 0 Å². The first-order chi connectivity index (χ1) is 11.4. The summed E-state index contributed by atoms with van der Waals surface area (Å²) in [6, 6.07) is 4.80. The molecule has 1 N–H and O–H groups in total. The first kappa shape index (κ1) is 15.1. The van der Waals surface area contributed by atoms with Gasteiger partial charge < -0.3 is 19.5 Å². The number of nitrogens with one attached hydrogen (secondary N) is 1. The first-order valence-corrected chi connectivity index (χ1v) is 8.79. The second-order valence-electron chi connectivity index (χ2n) is 6.73. The van der Waals surface area contributed by atoms with Crippen molar-refractivity contribution in [3.63, 3.8) is 0 Å². The second kappa shape index (κ2) is 6.57. The number of nitrogens with zero attached hydrogens (tertiary/aromatic N) is 1. The van der Waals surface area contributed by atoms with Gasteiger partial charge in [-0.05, 0) is 36.5 Å². The largest absolute Gasteiger partial charge is 0.493 e. The molecule has 0 radical (unpaired) electrons. The average molecular weight is 318 g/mol. The molecule has 1 atom stereocenters. The number of methoxy groups -OCH3 is 1. The van der Waals surface area contributed by atoms with Gasteiger partial charge >= 0.3 is 0 Å². The Hall–Kier alpha value is -1.46. The predicted molar refractivity (Wildman–Crippen MR) is 88.3 cm³/mol. The zero-order valence-corrected chi connectivity index (χ0v) is 13.8. The molecule has 0 bridgehead atoms. The molecule has 5 heteroatoms. The molecule has 4 rings (SSSR count). The minimum Gasteiger partial charge on any atom is -0.493 e. The van der Waals surface area contributed by atoms with E-state index in [0.29, 0.717) is 6.04 Å². The van der Waals surface area contributed by atoms with E-state index in [9.17, 15) is 0 Å². The van der Waals surface area contributed by atoms with Gasteiger partial charge in [-0.2, -0.15) is 0 Å². The number of fused-ring (bicyclic) bond motifs is 1. The maximum Gasteiger partial charge on any atom is 0.231 e. The maximum atomic E-state index is 5.65. The molecular formula is C18H26N2O3. The molecule has 0 amide bonds. The van der Waals surface area contributed by atoms with Crippen molar-refractivity contribution in [1.29, 1.82) is 0 Å². The van der Waals surface area contributed by atoms with Crippen LogP contribution in [0.25, 0.3) is 0 Å². The maximum absolute atomic E-state index is 5.65. The van der Waals surface area contributed by atoms with E-state index < -0.39 is 0 Å². The van der Waals surface area contributed by atoms with Crippen molar-refractivity contribution in [3.05, 3.63) is 17.7 Å². The molecule has 23 heavy (non-hydrogen) atoms. The van der Waals surface area contributed by atoms with E-state index in [1.807, 2.05) is 0 Å². The average Bonchev–Trinajstić information content (AvgIpc) is 3.27. The topological polar surface area (TPSA) is 43.0 Å². The Bertz CT molecular complexity index is 551. The Morgan fingerprint density at radius 1 is 1.17 bits per heavy atom. The number of hydrogen-bond donors (Lipinski definition) is 1. The molecule has 1 aromatic rings. The SMILES string of the molecule is COc1cc([C@@H](C2CCCC2)N2CCNCC2)cc2c1OCO2. The lowest BCUT2D eigenvalue weighted by molar-refractivity contribution is 0.125. The van der Waals surface area contributed by atoms with Crippen molar-refractivity contribution in [1.82, 2.24) is 10.2 Å². The zero-order chi connectivity index (χ0) is 15.6. The lowest BCUT2D eigenvalue weighted by atomic mass is 9.89. The van der Waals surface area contributed by atoms with Crippen LogP contribution in [0.3, 0.4) is 0 Å².